The van der Waals surface area contributed by atoms with Crippen LogP contribution in [-0.2, 0) is 0 Å². The smallest absolute Gasteiger partial charge is 0.304 e. The molecule has 0 aliphatic carbocycles. The van der Waals surface area contributed by atoms with Gasteiger partial charge in [0.25, 0.3) is 0 Å². The molecule has 0 amide bonds. The quantitative estimate of drug-likeness (QED) is 0.462. The molecule has 0 atom stereocenters. The molecule has 0 bridgehead atoms. The number of Topliss-reactive ketones (excluding diaryl/α,β-unsaturated/α-hetero) is 1. The van der Waals surface area contributed by atoms with Crippen molar-refractivity contribution < 1.29 is 9.72 Å². The van der Waals surface area contributed by atoms with Crippen molar-refractivity contribution in [2.45, 2.75) is 26.8 Å². The third-order valence-electron chi connectivity index (χ3n) is 2.33. The Morgan fingerprint density at radius 1 is 1.56 bits per heavy atom. The highest BCUT2D eigenvalue weighted by atomic mass is 32.1. The van der Waals surface area contributed by atoms with Crippen LogP contribution in [0.4, 0.5) is 10.7 Å². The Bertz CT molecular complexity index is 426. The molecule has 0 N–H and O–H groups in total. The van der Waals surface area contributed by atoms with E-state index in [0.29, 0.717) is 9.88 Å². The lowest BCUT2D eigenvalue weighted by Gasteiger charge is -2.20. The van der Waals surface area contributed by atoms with Crippen molar-refractivity contribution in [2.75, 3.05) is 11.9 Å². The minimum absolute atomic E-state index is 0.00593. The van der Waals surface area contributed by atoms with Gasteiger partial charge in [0.1, 0.15) is 0 Å². The molecule has 6 heteroatoms. The molecular weight excluding hydrogens is 228 g/mol. The molecule has 1 aromatic rings. The van der Waals surface area contributed by atoms with Crippen LogP contribution in [0.2, 0.25) is 0 Å². The van der Waals surface area contributed by atoms with Crippen LogP contribution in [0, 0.1) is 10.1 Å². The van der Waals surface area contributed by atoms with Crippen LogP contribution in [0.15, 0.2) is 6.07 Å². The largest absolute Gasteiger partial charge is 0.358 e. The summed E-state index contributed by atoms with van der Waals surface area (Å²) in [6.45, 7) is 5.29. The van der Waals surface area contributed by atoms with E-state index in [4.69, 9.17) is 0 Å². The van der Waals surface area contributed by atoms with Gasteiger partial charge in [0.2, 0.25) is 0 Å². The van der Waals surface area contributed by atoms with E-state index in [1.54, 1.807) is 11.9 Å². The Kier molecular flexibility index (Phi) is 3.64. The highest BCUT2D eigenvalue weighted by Crippen LogP contribution is 2.37. The van der Waals surface area contributed by atoms with Crippen LogP contribution in [-0.4, -0.2) is 23.8 Å². The van der Waals surface area contributed by atoms with Crippen molar-refractivity contribution in [2.24, 2.45) is 0 Å². The molecular formula is C10H14N2O3S. The number of carbonyl (C=O) groups is 1. The van der Waals surface area contributed by atoms with E-state index in [2.05, 4.69) is 0 Å². The van der Waals surface area contributed by atoms with Gasteiger partial charge in [0.15, 0.2) is 10.8 Å². The summed E-state index contributed by atoms with van der Waals surface area (Å²) >= 11 is 1.17. The van der Waals surface area contributed by atoms with Crippen LogP contribution in [0.3, 0.4) is 0 Å². The molecule has 0 saturated heterocycles. The Morgan fingerprint density at radius 3 is 2.50 bits per heavy atom. The summed E-state index contributed by atoms with van der Waals surface area (Å²) in [7, 11) is 1.79. The SMILES string of the molecule is CC(=O)c1cc([N+](=O)[O-])c(N(C)C(C)C)s1. The zero-order chi connectivity index (χ0) is 12.5. The summed E-state index contributed by atoms with van der Waals surface area (Å²) < 4.78 is 0. The van der Waals surface area contributed by atoms with Crippen molar-refractivity contribution in [3.8, 4) is 0 Å². The molecule has 0 aliphatic rings. The van der Waals surface area contributed by atoms with Crippen molar-refractivity contribution in [3.05, 3.63) is 21.1 Å². The first kappa shape index (κ1) is 12.6. The first-order valence-corrected chi connectivity index (χ1v) is 5.68. The Morgan fingerprint density at radius 2 is 2.12 bits per heavy atom. The van der Waals surface area contributed by atoms with Gasteiger partial charge in [0.05, 0.1) is 9.80 Å². The molecule has 0 aromatic carbocycles. The number of thiophene rings is 1. The normalized spacial score (nSPS) is 10.6. The van der Waals surface area contributed by atoms with Gasteiger partial charge in [-0.15, -0.1) is 11.3 Å². The van der Waals surface area contributed by atoms with Crippen molar-refractivity contribution in [1.82, 2.24) is 0 Å². The van der Waals surface area contributed by atoms with Crippen molar-refractivity contribution in [1.29, 1.82) is 0 Å². The van der Waals surface area contributed by atoms with E-state index in [0.717, 1.165) is 0 Å². The van der Waals surface area contributed by atoms with Gasteiger partial charge < -0.3 is 4.90 Å². The van der Waals surface area contributed by atoms with Gasteiger partial charge in [-0.05, 0) is 20.8 Å². The van der Waals surface area contributed by atoms with Crippen LogP contribution in [0.1, 0.15) is 30.4 Å². The van der Waals surface area contributed by atoms with Gasteiger partial charge in [-0.25, -0.2) is 0 Å². The number of anilines is 1. The van der Waals surface area contributed by atoms with Crippen LogP contribution in [0.5, 0.6) is 0 Å². The van der Waals surface area contributed by atoms with Gasteiger partial charge in [-0.2, -0.15) is 0 Å². The topological polar surface area (TPSA) is 63.4 Å². The summed E-state index contributed by atoms with van der Waals surface area (Å²) in [5.41, 5.74) is 0.00593. The molecule has 5 nitrogen and oxygen atoms in total. The van der Waals surface area contributed by atoms with Crippen LogP contribution >= 0.6 is 11.3 Å². The lowest BCUT2D eigenvalue weighted by molar-refractivity contribution is -0.383. The Hall–Kier alpha value is -1.43. The maximum Gasteiger partial charge on any atom is 0.304 e. The third-order valence-corrected chi connectivity index (χ3v) is 3.65. The molecule has 0 spiro atoms. The zero-order valence-electron chi connectivity index (χ0n) is 9.68. The summed E-state index contributed by atoms with van der Waals surface area (Å²) in [5.74, 6) is -0.142. The minimum atomic E-state index is -0.447. The van der Waals surface area contributed by atoms with Gasteiger partial charge >= 0.3 is 5.69 Å². The lowest BCUT2D eigenvalue weighted by Crippen LogP contribution is -2.25. The van der Waals surface area contributed by atoms with Gasteiger partial charge in [-0.3, -0.25) is 14.9 Å². The fourth-order valence-electron chi connectivity index (χ4n) is 1.16. The summed E-state index contributed by atoms with van der Waals surface area (Å²) in [6, 6.07) is 1.50. The monoisotopic (exact) mass is 242 g/mol. The second kappa shape index (κ2) is 4.61. The molecule has 0 radical (unpaired) electrons. The number of ketones is 1. The number of hydrogen-bond acceptors (Lipinski definition) is 5. The zero-order valence-corrected chi connectivity index (χ0v) is 10.5. The standard InChI is InChI=1S/C10H14N2O3S/c1-6(2)11(4)10-8(12(14)15)5-9(16-10)7(3)13/h5-6H,1-4H3. The molecule has 0 saturated carbocycles. The van der Waals surface area contributed by atoms with E-state index in [1.165, 1.54) is 24.3 Å². The fourth-order valence-corrected chi connectivity index (χ4v) is 2.28. The number of nitrogens with zero attached hydrogens (tertiary/aromatic N) is 2. The number of rotatable bonds is 4. The third kappa shape index (κ3) is 2.38. The van der Waals surface area contributed by atoms with E-state index < -0.39 is 4.92 Å². The minimum Gasteiger partial charge on any atom is -0.358 e. The lowest BCUT2D eigenvalue weighted by atomic mass is 10.3. The highest BCUT2D eigenvalue weighted by molar-refractivity contribution is 7.18. The van der Waals surface area contributed by atoms with Crippen molar-refractivity contribution in [3.63, 3.8) is 0 Å². The average molecular weight is 242 g/mol. The average Bonchev–Trinajstić information content (AvgIpc) is 2.60. The molecule has 1 aromatic heterocycles. The summed E-state index contributed by atoms with van der Waals surface area (Å²) in [6.07, 6.45) is 0. The van der Waals surface area contributed by atoms with Gasteiger partial charge in [0, 0.05) is 19.2 Å². The van der Waals surface area contributed by atoms with E-state index in [9.17, 15) is 14.9 Å². The van der Waals surface area contributed by atoms with Crippen LogP contribution < -0.4 is 4.90 Å². The molecule has 16 heavy (non-hydrogen) atoms. The predicted molar refractivity (Wildman–Crippen MR) is 64.5 cm³/mol. The van der Waals surface area contributed by atoms with Crippen LogP contribution in [0.25, 0.3) is 0 Å². The summed E-state index contributed by atoms with van der Waals surface area (Å²) in [5, 5.41) is 11.4. The molecule has 1 heterocycles. The fraction of sp³-hybridized carbons (Fsp3) is 0.500. The van der Waals surface area contributed by atoms with E-state index >= 15 is 0 Å². The number of carbonyl (C=O) groups excluding carboxylic acids is 1. The predicted octanol–water partition coefficient (Wildman–Crippen LogP) is 2.70. The molecule has 1 rings (SSSR count). The van der Waals surface area contributed by atoms with Gasteiger partial charge in [-0.1, -0.05) is 0 Å². The van der Waals surface area contributed by atoms with E-state index in [1.807, 2.05) is 13.8 Å². The van der Waals surface area contributed by atoms with E-state index in [-0.39, 0.29) is 17.5 Å². The maximum absolute atomic E-state index is 11.2. The number of hydrogen-bond donors (Lipinski definition) is 0. The molecule has 0 aliphatic heterocycles. The summed E-state index contributed by atoms with van der Waals surface area (Å²) in [4.78, 5) is 23.8. The second-order valence-electron chi connectivity index (χ2n) is 3.82. The molecule has 0 fully saturated rings. The first-order valence-electron chi connectivity index (χ1n) is 4.86. The molecule has 0 unspecified atom stereocenters. The van der Waals surface area contributed by atoms with Crippen molar-refractivity contribution >= 4 is 27.8 Å². The Balaban J connectivity index is 3.25. The second-order valence-corrected chi connectivity index (χ2v) is 4.85. The Labute approximate surface area is 97.8 Å². The maximum atomic E-state index is 11.2. The molecule has 88 valence electrons. The highest BCUT2D eigenvalue weighted by Gasteiger charge is 2.24. The number of nitro groups is 1. The first-order chi connectivity index (χ1) is 7.34.